The normalized spacial score (nSPS) is 15.6. The van der Waals surface area contributed by atoms with Gasteiger partial charge in [0.05, 0.1) is 23.3 Å². The van der Waals surface area contributed by atoms with E-state index in [-0.39, 0.29) is 34.8 Å². The largest absolute Gasteiger partial charge is 0.368 e. The van der Waals surface area contributed by atoms with Gasteiger partial charge in [-0.3, -0.25) is 14.6 Å². The van der Waals surface area contributed by atoms with Gasteiger partial charge in [-0.1, -0.05) is 0 Å². The fourth-order valence-corrected chi connectivity index (χ4v) is 4.13. The molecular formula is C26H28F2N6O2. The topological polar surface area (TPSA) is 113 Å². The Morgan fingerprint density at radius 1 is 1.11 bits per heavy atom. The van der Waals surface area contributed by atoms with Crippen molar-refractivity contribution in [2.75, 3.05) is 23.3 Å². The van der Waals surface area contributed by atoms with E-state index in [2.05, 4.69) is 25.5 Å². The minimum absolute atomic E-state index is 0.0135. The number of nitrogens with two attached hydrogens (primary N) is 1. The van der Waals surface area contributed by atoms with E-state index in [4.69, 9.17) is 5.73 Å². The second-order valence-corrected chi connectivity index (χ2v) is 9.04. The highest BCUT2D eigenvalue weighted by Crippen LogP contribution is 2.28. The van der Waals surface area contributed by atoms with Crippen LogP contribution < -0.4 is 21.3 Å². The van der Waals surface area contributed by atoms with Crippen LogP contribution in [0.2, 0.25) is 0 Å². The van der Waals surface area contributed by atoms with Gasteiger partial charge >= 0.3 is 0 Å². The molecule has 1 aromatic carbocycles. The number of aromatic nitrogens is 2. The first-order chi connectivity index (χ1) is 17.2. The van der Waals surface area contributed by atoms with Gasteiger partial charge in [0.15, 0.2) is 11.5 Å². The summed E-state index contributed by atoms with van der Waals surface area (Å²) in [5.74, 6) is -2.71. The van der Waals surface area contributed by atoms with Gasteiger partial charge in [-0.25, -0.2) is 13.8 Å². The van der Waals surface area contributed by atoms with Crippen molar-refractivity contribution in [1.29, 1.82) is 0 Å². The molecule has 0 radical (unpaired) electrons. The summed E-state index contributed by atoms with van der Waals surface area (Å²) in [6, 6.07) is 7.79. The number of benzene rings is 1. The standard InChI is InChI=1S/C26H28F2N6O2/c1-15(2)31-25(35)16-5-6-19(27)18(12-16)21-8-7-20(28)24(32-21)26(36)33-22-13-30-10-9-23(22)34-11-3-4-17(29)14-34/h5-10,12-13,15,17H,3-4,11,14,29H2,1-2H3,(H,31,35)(H,33,36)/t17-/m0/s1. The fourth-order valence-electron chi connectivity index (χ4n) is 4.13. The average Bonchev–Trinajstić information content (AvgIpc) is 2.84. The van der Waals surface area contributed by atoms with Crippen LogP contribution in [0, 0.1) is 11.6 Å². The van der Waals surface area contributed by atoms with Crippen molar-refractivity contribution in [3.63, 3.8) is 0 Å². The first-order valence-corrected chi connectivity index (χ1v) is 11.8. The lowest BCUT2D eigenvalue weighted by Gasteiger charge is -2.33. The highest BCUT2D eigenvalue weighted by Gasteiger charge is 2.22. The summed E-state index contributed by atoms with van der Waals surface area (Å²) in [4.78, 5) is 35.7. The predicted molar refractivity (Wildman–Crippen MR) is 134 cm³/mol. The number of hydrogen-bond donors (Lipinski definition) is 3. The number of nitrogens with one attached hydrogen (secondary N) is 2. The van der Waals surface area contributed by atoms with E-state index in [1.165, 1.54) is 24.4 Å². The van der Waals surface area contributed by atoms with Gasteiger partial charge < -0.3 is 21.3 Å². The Bertz CT molecular complexity index is 1280. The molecule has 1 aliphatic heterocycles. The number of carbonyl (C=O) groups is 2. The smallest absolute Gasteiger partial charge is 0.277 e. The Kier molecular flexibility index (Phi) is 7.54. The Hall–Kier alpha value is -3.92. The van der Waals surface area contributed by atoms with Crippen molar-refractivity contribution < 1.29 is 18.4 Å². The van der Waals surface area contributed by atoms with Gasteiger partial charge in [0, 0.05) is 42.5 Å². The Labute approximate surface area is 207 Å². The number of hydrogen-bond acceptors (Lipinski definition) is 6. The molecule has 4 rings (SSSR count). The van der Waals surface area contributed by atoms with Crippen LogP contribution in [0.1, 0.15) is 47.5 Å². The van der Waals surface area contributed by atoms with Gasteiger partial charge in [0.25, 0.3) is 11.8 Å². The van der Waals surface area contributed by atoms with Gasteiger partial charge in [-0.15, -0.1) is 0 Å². The summed E-state index contributed by atoms with van der Waals surface area (Å²) in [5.41, 5.74) is 6.93. The number of anilines is 2. The SMILES string of the molecule is CC(C)NC(=O)c1ccc(F)c(-c2ccc(F)c(C(=O)Nc3cnccc3N3CCC[C@H](N)C3)n2)c1. The minimum atomic E-state index is -0.865. The lowest BCUT2D eigenvalue weighted by Crippen LogP contribution is -2.43. The van der Waals surface area contributed by atoms with E-state index in [0.717, 1.165) is 37.2 Å². The molecule has 3 aromatic rings. The molecule has 1 fully saturated rings. The third-order valence-corrected chi connectivity index (χ3v) is 5.83. The molecule has 1 saturated heterocycles. The van der Waals surface area contributed by atoms with Crippen LogP contribution in [0.15, 0.2) is 48.8 Å². The number of rotatable bonds is 6. The molecule has 0 unspecified atom stereocenters. The maximum absolute atomic E-state index is 14.7. The van der Waals surface area contributed by atoms with Gasteiger partial charge in [-0.05, 0) is 63.1 Å². The van der Waals surface area contributed by atoms with E-state index in [9.17, 15) is 18.4 Å². The number of piperidine rings is 1. The summed E-state index contributed by atoms with van der Waals surface area (Å²) in [6.07, 6.45) is 4.92. The Morgan fingerprint density at radius 2 is 1.89 bits per heavy atom. The van der Waals surface area contributed by atoms with Crippen molar-refractivity contribution in [2.45, 2.75) is 38.8 Å². The number of pyridine rings is 2. The van der Waals surface area contributed by atoms with Crippen LogP contribution in [0.4, 0.5) is 20.2 Å². The zero-order valence-corrected chi connectivity index (χ0v) is 20.1. The molecule has 3 heterocycles. The van der Waals surface area contributed by atoms with E-state index in [1.807, 2.05) is 13.8 Å². The van der Waals surface area contributed by atoms with Crippen molar-refractivity contribution in [2.24, 2.45) is 5.73 Å². The van der Waals surface area contributed by atoms with E-state index in [0.29, 0.717) is 12.2 Å². The maximum Gasteiger partial charge on any atom is 0.277 e. The second-order valence-electron chi connectivity index (χ2n) is 9.04. The van der Waals surface area contributed by atoms with Crippen LogP contribution in [0.25, 0.3) is 11.3 Å². The monoisotopic (exact) mass is 494 g/mol. The zero-order chi connectivity index (χ0) is 25.8. The molecule has 2 amide bonds. The van der Waals surface area contributed by atoms with Crippen LogP contribution in [-0.4, -0.2) is 47.0 Å². The molecule has 1 aliphatic rings. The number of amides is 2. The summed E-state index contributed by atoms with van der Waals surface area (Å²) in [5, 5.41) is 5.41. The summed E-state index contributed by atoms with van der Waals surface area (Å²) in [7, 11) is 0. The van der Waals surface area contributed by atoms with Gasteiger partial charge in [0.1, 0.15) is 5.82 Å². The summed E-state index contributed by atoms with van der Waals surface area (Å²) < 4.78 is 29.3. The lowest BCUT2D eigenvalue weighted by atomic mass is 10.1. The number of halogens is 2. The molecule has 1 atom stereocenters. The first kappa shape index (κ1) is 25.2. The molecular weight excluding hydrogens is 466 g/mol. The van der Waals surface area contributed by atoms with Crippen molar-refractivity contribution in [3.05, 3.63) is 71.7 Å². The molecule has 10 heteroatoms. The van der Waals surface area contributed by atoms with E-state index >= 15 is 0 Å². The third-order valence-electron chi connectivity index (χ3n) is 5.83. The number of nitrogens with zero attached hydrogens (tertiary/aromatic N) is 3. The molecule has 8 nitrogen and oxygen atoms in total. The van der Waals surface area contributed by atoms with Gasteiger partial charge in [-0.2, -0.15) is 0 Å². The van der Waals surface area contributed by atoms with Gasteiger partial charge in [0.2, 0.25) is 0 Å². The molecule has 188 valence electrons. The lowest BCUT2D eigenvalue weighted by molar-refractivity contribution is 0.0942. The van der Waals surface area contributed by atoms with E-state index < -0.39 is 23.2 Å². The van der Waals surface area contributed by atoms with Crippen molar-refractivity contribution >= 4 is 23.2 Å². The van der Waals surface area contributed by atoms with Crippen molar-refractivity contribution in [1.82, 2.24) is 15.3 Å². The minimum Gasteiger partial charge on any atom is -0.368 e. The predicted octanol–water partition coefficient (Wildman–Crippen LogP) is 3.74. The van der Waals surface area contributed by atoms with Crippen molar-refractivity contribution in [3.8, 4) is 11.3 Å². The molecule has 0 saturated carbocycles. The summed E-state index contributed by atoms with van der Waals surface area (Å²) in [6.45, 7) is 5.00. The highest BCUT2D eigenvalue weighted by atomic mass is 19.1. The van der Waals surface area contributed by atoms with Crippen LogP contribution in [0.3, 0.4) is 0 Å². The quantitative estimate of drug-likeness (QED) is 0.481. The van der Waals surface area contributed by atoms with Crippen LogP contribution >= 0.6 is 0 Å². The zero-order valence-electron chi connectivity index (χ0n) is 20.1. The average molecular weight is 495 g/mol. The third kappa shape index (κ3) is 5.65. The first-order valence-electron chi connectivity index (χ1n) is 11.8. The molecule has 2 aromatic heterocycles. The Morgan fingerprint density at radius 3 is 2.64 bits per heavy atom. The molecule has 0 spiro atoms. The molecule has 4 N–H and O–H groups in total. The fraction of sp³-hybridized carbons (Fsp3) is 0.308. The highest BCUT2D eigenvalue weighted by molar-refractivity contribution is 6.05. The molecule has 36 heavy (non-hydrogen) atoms. The maximum atomic E-state index is 14.7. The second kappa shape index (κ2) is 10.8. The van der Waals surface area contributed by atoms with Crippen LogP contribution in [-0.2, 0) is 0 Å². The molecule has 0 aliphatic carbocycles. The molecule has 0 bridgehead atoms. The van der Waals surface area contributed by atoms with Crippen LogP contribution in [0.5, 0.6) is 0 Å². The Balaban J connectivity index is 1.62. The van der Waals surface area contributed by atoms with E-state index in [1.54, 1.807) is 12.3 Å². The summed E-state index contributed by atoms with van der Waals surface area (Å²) >= 11 is 0. The number of carbonyl (C=O) groups excluding carboxylic acids is 2.